The molecule has 4 amide bonds. The van der Waals surface area contributed by atoms with Crippen LogP contribution < -0.4 is 40.9 Å². The van der Waals surface area contributed by atoms with Crippen LogP contribution in [-0.2, 0) is 19.2 Å². The van der Waals surface area contributed by atoms with Crippen LogP contribution in [0.25, 0.3) is 89.7 Å². The Morgan fingerprint density at radius 3 is 1.10 bits per heavy atom. The number of aromatic amines is 4. The van der Waals surface area contributed by atoms with E-state index in [9.17, 15) is 99.6 Å². The van der Waals surface area contributed by atoms with E-state index in [1.165, 1.54) is 34.6 Å². The molecule has 0 unspecified atom stereocenters. The second-order valence-electron chi connectivity index (χ2n) is 29.0. The van der Waals surface area contributed by atoms with E-state index in [1.54, 1.807) is 66.6 Å². The number of aliphatic hydroxyl groups is 2. The fourth-order valence-electron chi connectivity index (χ4n) is 14.8. The second kappa shape index (κ2) is 35.4. The lowest BCUT2D eigenvalue weighted by Crippen LogP contribution is -2.50. The van der Waals surface area contributed by atoms with E-state index in [0.717, 1.165) is 34.6 Å². The van der Waals surface area contributed by atoms with Gasteiger partial charge in [0.2, 0.25) is 23.6 Å². The number of piperidine rings is 1. The zero-order chi connectivity index (χ0) is 88.9. The van der Waals surface area contributed by atoms with Crippen LogP contribution in [0.1, 0.15) is 34.0 Å². The van der Waals surface area contributed by atoms with Gasteiger partial charge in [-0.2, -0.15) is 52.7 Å². The number of pyridine rings is 4. The summed E-state index contributed by atoms with van der Waals surface area (Å²) in [6, 6.07) is 2.01. The first kappa shape index (κ1) is 88.4. The molecule has 10 N–H and O–H groups in total. The number of anilines is 4. The number of hydrogen-bond acceptors (Lipinski definition) is 22. The summed E-state index contributed by atoms with van der Waals surface area (Å²) >= 11 is 24.0. The normalized spacial score (nSPS) is 20.1. The summed E-state index contributed by atoms with van der Waals surface area (Å²) in [5.74, 6) is -7.64. The van der Waals surface area contributed by atoms with Gasteiger partial charge in [-0.25, -0.2) is 77.4 Å². The highest BCUT2D eigenvalue weighted by atomic mass is 35.5. The molecule has 5 aliphatic rings. The number of rotatable bonds is 16. The molecule has 17 rings (SSSR count). The minimum atomic E-state index is -4.62. The standard InChI is InChI=1S/C19H15ClF4N6O.C19H17ClF4N6O.2C18H15ClF4N6O2.H2/c20-9-2-11-12(4-26-15(11)25-3-9)16-27-5-13(21)17(29-16)30-6-8-1-10(8)14(30)18(31)28-7-19(22,23)24;1-9-2-3-30(14(9)18(31)28-8-19(22,23)24)17-13(21)7-27-16(29-17)12-6-26-15-11(12)4-10(20)5-25-15;19-8-1-10-11(4-25-14(10)24-3-8)15-26-5-12(20)16(28-15)29-6-9(30)2-13(29)17(31)27-7-18(21,22)23;19-8-3-9-10(5-25-14(9)24-4-8)15-26-6-11(20)16(28-15)29-2-1-12(30)13(29)17(31)27-7-18(21,22)23;/h2-5,8,10,14H,1,6-7H2,(H,25,26)(H,28,31);4-7,9,14H,2-3,8H2,1H3,(H,25,26)(H,28,31);1,3-5,9,13,30H,2,6-7H2,(H,24,25)(H,27,31);3-6,12-13,30H,1-2,7H2,(H,24,25)(H,27,31);1H/t8-,10+,14+;9-,14-;9-,13-;12-,13-;/m1000./s1. The summed E-state index contributed by atoms with van der Waals surface area (Å²) < 4.78 is 208. The predicted molar refractivity (Wildman–Crippen MR) is 418 cm³/mol. The number of H-pyrrole nitrogens is 4. The number of nitrogens with one attached hydrogen (secondary N) is 8. The summed E-state index contributed by atoms with van der Waals surface area (Å²) in [6.45, 7) is -3.83. The van der Waals surface area contributed by atoms with Gasteiger partial charge in [0.1, 0.15) is 72.9 Å². The Labute approximate surface area is 707 Å². The van der Waals surface area contributed by atoms with E-state index >= 15 is 0 Å². The molecule has 124 heavy (non-hydrogen) atoms. The number of amides is 4. The number of carbonyl (C=O) groups excluding carboxylic acids is 4. The van der Waals surface area contributed by atoms with Gasteiger partial charge >= 0.3 is 24.7 Å². The van der Waals surface area contributed by atoms with Gasteiger partial charge in [-0.3, -0.25) is 19.2 Å². The van der Waals surface area contributed by atoms with Crippen molar-refractivity contribution in [3.8, 4) is 45.6 Å². The first-order chi connectivity index (χ1) is 58.6. The van der Waals surface area contributed by atoms with Crippen LogP contribution in [0.15, 0.2) is 98.6 Å². The minimum absolute atomic E-state index is 0. The van der Waals surface area contributed by atoms with Crippen LogP contribution in [0.5, 0.6) is 0 Å². The van der Waals surface area contributed by atoms with Crippen molar-refractivity contribution in [2.24, 2.45) is 17.8 Å². The molecule has 0 spiro atoms. The molecule has 1 aliphatic carbocycles. The Balaban J connectivity index is 0.000000143. The van der Waals surface area contributed by atoms with Crippen molar-refractivity contribution in [2.75, 3.05) is 72.0 Å². The van der Waals surface area contributed by atoms with Crippen LogP contribution >= 0.6 is 46.4 Å². The monoisotopic (exact) mass is 1830 g/mol. The van der Waals surface area contributed by atoms with Gasteiger partial charge in [0.05, 0.1) is 57.1 Å². The highest BCUT2D eigenvalue weighted by Crippen LogP contribution is 2.51. The maximum Gasteiger partial charge on any atom is 0.405 e. The minimum Gasteiger partial charge on any atom is -0.391 e. The van der Waals surface area contributed by atoms with Gasteiger partial charge in [0.15, 0.2) is 69.8 Å². The third-order valence-corrected chi connectivity index (χ3v) is 21.2. The van der Waals surface area contributed by atoms with Gasteiger partial charge in [0.25, 0.3) is 0 Å². The number of aliphatic hydroxyl groups excluding tert-OH is 2. The number of alkyl halides is 12. The third-order valence-electron chi connectivity index (χ3n) is 20.4. The summed E-state index contributed by atoms with van der Waals surface area (Å²) in [7, 11) is 0. The van der Waals surface area contributed by atoms with Crippen molar-refractivity contribution in [1.82, 2.24) is 101 Å². The molecule has 50 heteroatoms. The zero-order valence-electron chi connectivity index (χ0n) is 63.2. The first-order valence-corrected chi connectivity index (χ1v) is 38.5. The van der Waals surface area contributed by atoms with Gasteiger partial charge in [0, 0.05) is 127 Å². The quantitative estimate of drug-likeness (QED) is 0.0402. The topological polar surface area (TPSA) is 388 Å². The summed E-state index contributed by atoms with van der Waals surface area (Å²) in [5.41, 5.74) is 4.05. The number of fused-ring (bicyclic) bond motifs is 5. The Morgan fingerprint density at radius 2 is 0.734 bits per heavy atom. The highest BCUT2D eigenvalue weighted by Gasteiger charge is 2.57. The largest absolute Gasteiger partial charge is 0.405 e. The molecule has 12 aromatic heterocycles. The Morgan fingerprint density at radius 1 is 0.419 bits per heavy atom. The van der Waals surface area contributed by atoms with E-state index in [1.807, 2.05) is 10.6 Å². The molecule has 12 aromatic rings. The Bertz CT molecular complexity index is 5420. The van der Waals surface area contributed by atoms with Gasteiger partial charge in [-0.05, 0) is 61.3 Å². The van der Waals surface area contributed by atoms with Crippen LogP contribution in [0.3, 0.4) is 0 Å². The smallest absolute Gasteiger partial charge is 0.391 e. The van der Waals surface area contributed by atoms with Gasteiger partial charge < -0.3 is 71.0 Å². The molecule has 0 radical (unpaired) electrons. The Hall–Kier alpha value is -11.9. The van der Waals surface area contributed by atoms with Crippen molar-refractivity contribution < 1.29 is 101 Å². The maximum absolute atomic E-state index is 14.7. The summed E-state index contributed by atoms with van der Waals surface area (Å²) in [5, 5.41) is 31.4. The molecule has 16 heterocycles. The maximum atomic E-state index is 14.7. The van der Waals surface area contributed by atoms with Crippen molar-refractivity contribution in [3.63, 3.8) is 0 Å². The SMILES string of the molecule is C[C@H]1CCN(c2nc(-c3c[nH]c4ncc(Cl)cc34)ncc2F)[C@@H]1C(=O)NCC(F)(F)F.O=C(NCC(F)(F)F)[C@@H]1C[C@H](O)CN1c1nc(-c2c[nH]c3ncc(Cl)cc23)ncc1F.O=C(NCC(F)(F)F)[C@@H]1[C@@H](O)CCN1c1nc(-c2c[nH]c3ncc(Cl)cc23)ncc1F.O=C(NCC(F)(F)F)[C@@H]1[C@H]2C[C@@H]2CN1c1nc(-c2c[nH]c3ncc(Cl)cc23)ncc1F.[HH]. The van der Waals surface area contributed by atoms with Crippen LogP contribution in [0.4, 0.5) is 93.5 Å². The molecule has 1 saturated carbocycles. The average molecular weight is 1830 g/mol. The molecule has 4 saturated heterocycles. The fraction of sp³-hybridized carbons (Fsp3) is 0.351. The molecular formula is C74H64Cl4F16N24O6. The second-order valence-corrected chi connectivity index (χ2v) is 30.8. The summed E-state index contributed by atoms with van der Waals surface area (Å²) in [4.78, 5) is 116. The van der Waals surface area contributed by atoms with E-state index in [4.69, 9.17) is 46.4 Å². The number of aromatic nitrogens is 16. The number of hydrogen-bond donors (Lipinski definition) is 10. The van der Waals surface area contributed by atoms with Gasteiger partial charge in [-0.1, -0.05) is 53.3 Å². The number of carbonyl (C=O) groups is 4. The van der Waals surface area contributed by atoms with Crippen molar-refractivity contribution in [1.29, 1.82) is 0 Å². The number of β-amino-alcohol motifs (C(OH)–C–C–N with tert-alkyl or cyclic N) is 1. The first-order valence-electron chi connectivity index (χ1n) is 37.0. The molecular weight excluding hydrogens is 1770 g/mol. The van der Waals surface area contributed by atoms with Crippen molar-refractivity contribution in [2.45, 2.75) is 93.7 Å². The molecule has 656 valence electrons. The molecule has 0 bridgehead atoms. The van der Waals surface area contributed by atoms with Gasteiger partial charge in [-0.15, -0.1) is 0 Å². The van der Waals surface area contributed by atoms with Crippen LogP contribution in [0, 0.1) is 41.0 Å². The lowest BCUT2D eigenvalue weighted by molar-refractivity contribution is -0.140. The van der Waals surface area contributed by atoms with Crippen LogP contribution in [0.2, 0.25) is 20.1 Å². The lowest BCUT2D eigenvalue weighted by Gasteiger charge is -2.28. The molecule has 9 atom stereocenters. The predicted octanol–water partition coefficient (Wildman–Crippen LogP) is 12.1. The molecule has 30 nitrogen and oxygen atoms in total. The number of halogens is 20. The van der Waals surface area contributed by atoms with Crippen molar-refractivity contribution in [3.05, 3.63) is 142 Å². The third kappa shape index (κ3) is 20.0. The molecule has 0 aromatic carbocycles. The molecule has 4 aliphatic heterocycles. The Kier molecular flexibility index (Phi) is 25.2. The number of nitrogens with zero attached hydrogens (tertiary/aromatic N) is 16. The lowest BCUT2D eigenvalue weighted by atomic mass is 10.0. The summed E-state index contributed by atoms with van der Waals surface area (Å²) in [6.07, 6.45) is -3.64. The fourth-order valence-corrected chi connectivity index (χ4v) is 15.5. The molecule has 5 fully saturated rings. The van der Waals surface area contributed by atoms with Crippen molar-refractivity contribution >= 4 is 137 Å². The van der Waals surface area contributed by atoms with E-state index in [0.29, 0.717) is 106 Å². The van der Waals surface area contributed by atoms with E-state index < -0.39 is 134 Å². The average Bonchev–Trinajstić information content (AvgIpc) is 1.57. The van der Waals surface area contributed by atoms with E-state index in [-0.39, 0.29) is 98.2 Å². The zero-order valence-corrected chi connectivity index (χ0v) is 66.2. The van der Waals surface area contributed by atoms with E-state index in [2.05, 4.69) is 79.7 Å². The van der Waals surface area contributed by atoms with Crippen LogP contribution in [-0.4, -0.2) is 227 Å². The highest BCUT2D eigenvalue weighted by molar-refractivity contribution is 6.32.